The van der Waals surface area contributed by atoms with Gasteiger partial charge < -0.3 is 9.80 Å². The maximum absolute atomic E-state index is 13.1. The van der Waals surface area contributed by atoms with Gasteiger partial charge >= 0.3 is 0 Å². The summed E-state index contributed by atoms with van der Waals surface area (Å²) in [6.45, 7) is 5.85. The van der Waals surface area contributed by atoms with Gasteiger partial charge in [0, 0.05) is 45.2 Å². The maximum Gasteiger partial charge on any atom is 0.245 e. The Morgan fingerprint density at radius 2 is 1.76 bits per heavy atom. The van der Waals surface area contributed by atoms with Crippen molar-refractivity contribution >= 4 is 11.8 Å². The number of aromatic nitrogens is 2. The van der Waals surface area contributed by atoms with E-state index in [-0.39, 0.29) is 11.8 Å². The van der Waals surface area contributed by atoms with E-state index in [2.05, 4.69) is 29.4 Å². The van der Waals surface area contributed by atoms with Crippen LogP contribution < -0.4 is 0 Å². The lowest BCUT2D eigenvalue weighted by atomic mass is 9.97. The van der Waals surface area contributed by atoms with Crippen molar-refractivity contribution in [3.05, 3.63) is 77.6 Å². The van der Waals surface area contributed by atoms with Crippen LogP contribution in [0.2, 0.25) is 0 Å². The van der Waals surface area contributed by atoms with Crippen molar-refractivity contribution in [3.63, 3.8) is 0 Å². The Kier molecular flexibility index (Phi) is 6.92. The topological polar surface area (TPSA) is 58.4 Å². The predicted octanol–water partition coefficient (Wildman–Crippen LogP) is 3.86. The second-order valence-corrected chi connectivity index (χ2v) is 8.89. The molecule has 33 heavy (non-hydrogen) atoms. The van der Waals surface area contributed by atoms with Crippen molar-refractivity contribution in [2.75, 3.05) is 20.1 Å². The minimum atomic E-state index is -0.462. The molecule has 0 radical (unpaired) electrons. The van der Waals surface area contributed by atoms with Crippen LogP contribution in [-0.4, -0.2) is 57.6 Å². The van der Waals surface area contributed by atoms with Crippen LogP contribution in [0.4, 0.5) is 0 Å². The summed E-state index contributed by atoms with van der Waals surface area (Å²) in [5, 5.41) is 4.48. The fourth-order valence-corrected chi connectivity index (χ4v) is 4.56. The highest BCUT2D eigenvalue weighted by Crippen LogP contribution is 2.23. The summed E-state index contributed by atoms with van der Waals surface area (Å²) < 4.78 is 1.95. The minimum Gasteiger partial charge on any atom is -0.342 e. The summed E-state index contributed by atoms with van der Waals surface area (Å²) in [4.78, 5) is 29.7. The first-order chi connectivity index (χ1) is 15.9. The van der Waals surface area contributed by atoms with Crippen molar-refractivity contribution in [1.29, 1.82) is 0 Å². The molecule has 0 saturated carbocycles. The van der Waals surface area contributed by atoms with Gasteiger partial charge in [-0.1, -0.05) is 54.6 Å². The van der Waals surface area contributed by atoms with Gasteiger partial charge in [-0.15, -0.1) is 0 Å². The summed E-state index contributed by atoms with van der Waals surface area (Å²) in [6, 6.07) is 20.1. The summed E-state index contributed by atoms with van der Waals surface area (Å²) >= 11 is 0. The molecule has 3 aromatic rings. The minimum absolute atomic E-state index is 0.0123. The van der Waals surface area contributed by atoms with E-state index in [1.807, 2.05) is 62.0 Å². The Morgan fingerprint density at radius 3 is 2.48 bits per heavy atom. The molecule has 1 aliphatic rings. The molecule has 4 rings (SSSR count). The van der Waals surface area contributed by atoms with Gasteiger partial charge in [0.1, 0.15) is 6.04 Å². The van der Waals surface area contributed by atoms with Crippen LogP contribution in [0.1, 0.15) is 29.8 Å². The molecule has 0 N–H and O–H groups in total. The number of amides is 2. The monoisotopic (exact) mass is 444 g/mol. The predicted molar refractivity (Wildman–Crippen MR) is 130 cm³/mol. The van der Waals surface area contributed by atoms with E-state index in [0.717, 1.165) is 28.1 Å². The third kappa shape index (κ3) is 5.33. The Balaban J connectivity index is 1.46. The van der Waals surface area contributed by atoms with E-state index in [1.165, 1.54) is 0 Å². The average molecular weight is 445 g/mol. The quantitative estimate of drug-likeness (QED) is 0.556. The summed E-state index contributed by atoms with van der Waals surface area (Å²) in [5.41, 5.74) is 5.41. The molecule has 6 heteroatoms. The lowest BCUT2D eigenvalue weighted by Crippen LogP contribution is -2.58. The van der Waals surface area contributed by atoms with Crippen molar-refractivity contribution in [2.24, 2.45) is 0 Å². The zero-order valence-corrected chi connectivity index (χ0v) is 19.7. The Hall–Kier alpha value is -3.41. The molecule has 0 aliphatic carbocycles. The highest BCUT2D eigenvalue weighted by molar-refractivity contribution is 5.89. The first-order valence-corrected chi connectivity index (χ1v) is 11.6. The Labute approximate surface area is 195 Å². The van der Waals surface area contributed by atoms with Crippen LogP contribution in [0.3, 0.4) is 0 Å². The van der Waals surface area contributed by atoms with Crippen molar-refractivity contribution in [2.45, 2.75) is 45.7 Å². The zero-order chi connectivity index (χ0) is 23.4. The normalized spacial score (nSPS) is 16.3. The number of benzene rings is 2. The van der Waals surface area contributed by atoms with Gasteiger partial charge in [0.15, 0.2) is 0 Å². The third-order valence-corrected chi connectivity index (χ3v) is 6.36. The summed E-state index contributed by atoms with van der Waals surface area (Å²) in [6.07, 6.45) is 1.64. The molecule has 6 nitrogen and oxygen atoms in total. The van der Waals surface area contributed by atoms with Crippen molar-refractivity contribution in [1.82, 2.24) is 19.6 Å². The van der Waals surface area contributed by atoms with Gasteiger partial charge in [0.25, 0.3) is 0 Å². The van der Waals surface area contributed by atoms with Gasteiger partial charge in [-0.25, -0.2) is 0 Å². The second-order valence-electron chi connectivity index (χ2n) is 8.89. The number of carbonyl (C=O) groups is 2. The van der Waals surface area contributed by atoms with Crippen LogP contribution in [0, 0.1) is 13.8 Å². The molecule has 1 aromatic heterocycles. The molecule has 1 atom stereocenters. The standard InChI is InChI=1S/C27H32N4O2/c1-20-17-21(2)31(28-20)14-8-13-26(32)30-16-15-29(3)27(33)25(30)19-22-9-7-12-24(18-22)23-10-5-4-6-11-23/h4-7,9-12,17-18,25H,8,13-16,19H2,1-3H3. The number of likely N-dealkylation sites (N-methyl/N-ethyl adjacent to an activating group) is 1. The molecule has 0 bridgehead atoms. The summed E-state index contributed by atoms with van der Waals surface area (Å²) in [5.74, 6) is 0.0560. The molecule has 1 saturated heterocycles. The van der Waals surface area contributed by atoms with Crippen LogP contribution in [-0.2, 0) is 22.6 Å². The number of hydrogen-bond donors (Lipinski definition) is 0. The number of rotatable bonds is 7. The molecule has 1 unspecified atom stereocenters. The third-order valence-electron chi connectivity index (χ3n) is 6.36. The van der Waals surface area contributed by atoms with Gasteiger partial charge in [-0.05, 0) is 43.0 Å². The van der Waals surface area contributed by atoms with Crippen molar-refractivity contribution in [3.8, 4) is 11.1 Å². The highest BCUT2D eigenvalue weighted by atomic mass is 16.2. The number of carbonyl (C=O) groups excluding carboxylic acids is 2. The molecule has 0 spiro atoms. The molecule has 2 amide bonds. The van der Waals surface area contributed by atoms with E-state index in [0.29, 0.717) is 38.9 Å². The molecule has 1 aliphatic heterocycles. The van der Waals surface area contributed by atoms with Gasteiger partial charge in [-0.2, -0.15) is 5.10 Å². The largest absolute Gasteiger partial charge is 0.342 e. The first kappa shape index (κ1) is 22.8. The van der Waals surface area contributed by atoms with Gasteiger partial charge in [0.05, 0.1) is 5.69 Å². The average Bonchev–Trinajstić information content (AvgIpc) is 3.14. The molecule has 172 valence electrons. The SMILES string of the molecule is Cc1cc(C)n(CCCC(=O)N2CCN(C)C(=O)C2Cc2cccc(-c3ccccc3)c2)n1. The lowest BCUT2D eigenvalue weighted by Gasteiger charge is -2.39. The molecular formula is C27H32N4O2. The molecule has 1 fully saturated rings. The van der Waals surface area contributed by atoms with E-state index >= 15 is 0 Å². The smallest absolute Gasteiger partial charge is 0.245 e. The lowest BCUT2D eigenvalue weighted by molar-refractivity contribution is -0.150. The van der Waals surface area contributed by atoms with Gasteiger partial charge in [0.2, 0.25) is 11.8 Å². The van der Waals surface area contributed by atoms with E-state index in [1.54, 1.807) is 9.80 Å². The van der Waals surface area contributed by atoms with E-state index in [4.69, 9.17) is 0 Å². The molecule has 2 aromatic carbocycles. The fraction of sp³-hybridized carbons (Fsp3) is 0.370. The number of nitrogens with zero attached hydrogens (tertiary/aromatic N) is 4. The fourth-order valence-electron chi connectivity index (χ4n) is 4.56. The van der Waals surface area contributed by atoms with E-state index in [9.17, 15) is 9.59 Å². The second kappa shape index (κ2) is 10.0. The van der Waals surface area contributed by atoms with E-state index < -0.39 is 6.04 Å². The maximum atomic E-state index is 13.1. The van der Waals surface area contributed by atoms with Gasteiger partial charge in [-0.3, -0.25) is 14.3 Å². The van der Waals surface area contributed by atoms with Crippen LogP contribution in [0.25, 0.3) is 11.1 Å². The Morgan fingerprint density at radius 1 is 1.00 bits per heavy atom. The number of piperazine rings is 1. The number of aryl methyl sites for hydroxylation is 3. The zero-order valence-electron chi connectivity index (χ0n) is 19.7. The van der Waals surface area contributed by atoms with Crippen LogP contribution in [0.15, 0.2) is 60.7 Å². The Bertz CT molecular complexity index is 1120. The van der Waals surface area contributed by atoms with Crippen LogP contribution in [0.5, 0.6) is 0 Å². The van der Waals surface area contributed by atoms with Crippen molar-refractivity contribution < 1.29 is 9.59 Å². The van der Waals surface area contributed by atoms with Crippen LogP contribution >= 0.6 is 0 Å². The highest BCUT2D eigenvalue weighted by Gasteiger charge is 2.35. The number of hydrogen-bond acceptors (Lipinski definition) is 3. The molecular weight excluding hydrogens is 412 g/mol. The first-order valence-electron chi connectivity index (χ1n) is 11.6. The summed E-state index contributed by atoms with van der Waals surface area (Å²) in [7, 11) is 1.82. The molecule has 2 heterocycles.